The molecule has 1 saturated heterocycles. The van der Waals surface area contributed by atoms with Crippen molar-refractivity contribution in [3.05, 3.63) is 18.0 Å². The highest BCUT2D eigenvalue weighted by Gasteiger charge is 2.22. The average molecular weight is 198 g/mol. The molecule has 0 aliphatic carbocycles. The third kappa shape index (κ3) is 2.12. The zero-order valence-electron chi connectivity index (χ0n) is 7.93. The quantitative estimate of drug-likeness (QED) is 0.733. The first-order chi connectivity index (χ1) is 6.90. The van der Waals surface area contributed by atoms with Gasteiger partial charge < -0.3 is 14.4 Å². The van der Waals surface area contributed by atoms with E-state index in [4.69, 9.17) is 14.4 Å². The van der Waals surface area contributed by atoms with E-state index < -0.39 is 0 Å². The topological polar surface area (TPSA) is 58.7 Å². The largest absolute Gasteiger partial charge is 0.395 e. The molecular formula is C9H14N2O3. The van der Waals surface area contributed by atoms with E-state index in [2.05, 4.69) is 10.1 Å². The van der Waals surface area contributed by atoms with Crippen molar-refractivity contribution >= 4 is 0 Å². The minimum atomic E-state index is 0.0776. The van der Waals surface area contributed by atoms with E-state index in [-0.39, 0.29) is 12.6 Å². The van der Waals surface area contributed by atoms with Crippen LogP contribution in [0.3, 0.4) is 0 Å². The summed E-state index contributed by atoms with van der Waals surface area (Å²) in [6.45, 7) is 2.93. The summed E-state index contributed by atoms with van der Waals surface area (Å²) in [5.74, 6) is 0.824. The Labute approximate surface area is 82.2 Å². The van der Waals surface area contributed by atoms with Crippen LogP contribution in [0.25, 0.3) is 0 Å². The summed E-state index contributed by atoms with van der Waals surface area (Å²) in [7, 11) is 0. The van der Waals surface area contributed by atoms with Crippen molar-refractivity contribution in [3.8, 4) is 0 Å². The Balaban J connectivity index is 1.94. The van der Waals surface area contributed by atoms with Gasteiger partial charge in [0.15, 0.2) is 5.76 Å². The molecule has 1 N–H and O–H groups in total. The van der Waals surface area contributed by atoms with Crippen LogP contribution in [0, 0.1) is 0 Å². The van der Waals surface area contributed by atoms with Crippen LogP contribution in [0.4, 0.5) is 0 Å². The Morgan fingerprint density at radius 1 is 1.64 bits per heavy atom. The van der Waals surface area contributed by atoms with Gasteiger partial charge in [0.1, 0.15) is 0 Å². The maximum atomic E-state index is 9.12. The fourth-order valence-corrected chi connectivity index (χ4v) is 1.59. The Morgan fingerprint density at radius 3 is 3.29 bits per heavy atom. The van der Waals surface area contributed by atoms with Gasteiger partial charge in [-0.05, 0) is 0 Å². The van der Waals surface area contributed by atoms with Gasteiger partial charge in [-0.2, -0.15) is 0 Å². The van der Waals surface area contributed by atoms with Crippen molar-refractivity contribution < 1.29 is 14.4 Å². The first-order valence-corrected chi connectivity index (χ1v) is 4.72. The molecule has 1 atom stereocenters. The normalized spacial score (nSPS) is 23.9. The summed E-state index contributed by atoms with van der Waals surface area (Å²) in [6, 6.07) is 1.91. The molecule has 0 saturated carbocycles. The van der Waals surface area contributed by atoms with Gasteiger partial charge in [-0.1, -0.05) is 5.16 Å². The molecule has 1 aliphatic heterocycles. The summed E-state index contributed by atoms with van der Waals surface area (Å²) >= 11 is 0. The van der Waals surface area contributed by atoms with Gasteiger partial charge in [0.25, 0.3) is 0 Å². The summed E-state index contributed by atoms with van der Waals surface area (Å²) in [6.07, 6.45) is 1.63. The van der Waals surface area contributed by atoms with Crippen LogP contribution in [0.1, 0.15) is 5.76 Å². The van der Waals surface area contributed by atoms with Crippen molar-refractivity contribution in [2.45, 2.75) is 12.6 Å². The highest BCUT2D eigenvalue weighted by Crippen LogP contribution is 2.11. The summed E-state index contributed by atoms with van der Waals surface area (Å²) < 4.78 is 10.3. The van der Waals surface area contributed by atoms with E-state index in [1.54, 1.807) is 6.20 Å². The van der Waals surface area contributed by atoms with Crippen molar-refractivity contribution in [2.24, 2.45) is 0 Å². The number of aliphatic hydroxyl groups is 1. The Kier molecular flexibility index (Phi) is 3.13. The Morgan fingerprint density at radius 2 is 2.57 bits per heavy atom. The lowest BCUT2D eigenvalue weighted by molar-refractivity contribution is -0.0341. The number of aliphatic hydroxyl groups excluding tert-OH is 1. The third-order valence-corrected chi connectivity index (χ3v) is 2.41. The molecule has 0 spiro atoms. The Bertz CT molecular complexity index is 263. The standard InChI is InChI=1S/C9H14N2O3/c12-6-8-7-13-4-3-11(8)5-9-1-2-10-14-9/h1-2,8,12H,3-7H2. The Hall–Kier alpha value is -0.910. The zero-order valence-corrected chi connectivity index (χ0v) is 7.93. The lowest BCUT2D eigenvalue weighted by atomic mass is 10.2. The van der Waals surface area contributed by atoms with Crippen LogP contribution < -0.4 is 0 Å². The minimum Gasteiger partial charge on any atom is -0.395 e. The van der Waals surface area contributed by atoms with Gasteiger partial charge in [0, 0.05) is 12.6 Å². The molecule has 0 radical (unpaired) electrons. The predicted molar refractivity (Wildman–Crippen MR) is 48.6 cm³/mol. The van der Waals surface area contributed by atoms with E-state index >= 15 is 0 Å². The molecule has 1 fully saturated rings. The number of rotatable bonds is 3. The van der Waals surface area contributed by atoms with Crippen LogP contribution in [0.2, 0.25) is 0 Å². The molecule has 2 heterocycles. The highest BCUT2D eigenvalue weighted by molar-refractivity contribution is 4.94. The van der Waals surface area contributed by atoms with Crippen molar-refractivity contribution in [2.75, 3.05) is 26.4 Å². The maximum Gasteiger partial charge on any atom is 0.150 e. The smallest absolute Gasteiger partial charge is 0.150 e. The monoisotopic (exact) mass is 198 g/mol. The number of hydrogen-bond donors (Lipinski definition) is 1. The van der Waals surface area contributed by atoms with Gasteiger partial charge in [0.2, 0.25) is 0 Å². The zero-order chi connectivity index (χ0) is 9.80. The van der Waals surface area contributed by atoms with Crippen LogP contribution in [0.15, 0.2) is 16.8 Å². The van der Waals surface area contributed by atoms with E-state index in [9.17, 15) is 0 Å². The molecule has 1 aromatic rings. The molecule has 5 nitrogen and oxygen atoms in total. The number of morpholine rings is 1. The van der Waals surface area contributed by atoms with Gasteiger partial charge >= 0.3 is 0 Å². The van der Waals surface area contributed by atoms with Crippen LogP contribution >= 0.6 is 0 Å². The van der Waals surface area contributed by atoms with Gasteiger partial charge in [0.05, 0.1) is 38.6 Å². The molecule has 0 aromatic carbocycles. The van der Waals surface area contributed by atoms with Gasteiger partial charge in [-0.25, -0.2) is 0 Å². The van der Waals surface area contributed by atoms with Crippen molar-refractivity contribution in [3.63, 3.8) is 0 Å². The van der Waals surface area contributed by atoms with E-state index in [1.165, 1.54) is 0 Å². The van der Waals surface area contributed by atoms with E-state index in [1.807, 2.05) is 6.07 Å². The summed E-state index contributed by atoms with van der Waals surface area (Å²) in [5.41, 5.74) is 0. The second-order valence-electron chi connectivity index (χ2n) is 3.36. The van der Waals surface area contributed by atoms with Gasteiger partial charge in [-0.15, -0.1) is 0 Å². The molecule has 2 rings (SSSR count). The third-order valence-electron chi connectivity index (χ3n) is 2.41. The number of hydrogen-bond acceptors (Lipinski definition) is 5. The maximum absolute atomic E-state index is 9.12. The molecule has 1 aromatic heterocycles. The molecule has 1 aliphatic rings. The summed E-state index contributed by atoms with van der Waals surface area (Å²) in [4.78, 5) is 2.14. The molecule has 14 heavy (non-hydrogen) atoms. The van der Waals surface area contributed by atoms with E-state index in [0.717, 1.165) is 12.3 Å². The average Bonchev–Trinajstić information content (AvgIpc) is 2.71. The molecule has 0 amide bonds. The predicted octanol–water partition coefficient (Wildman–Crippen LogP) is -0.132. The lowest BCUT2D eigenvalue weighted by Gasteiger charge is -2.33. The van der Waals surface area contributed by atoms with Crippen LogP contribution in [0.5, 0.6) is 0 Å². The molecule has 1 unspecified atom stereocenters. The molecule has 5 heteroatoms. The number of aromatic nitrogens is 1. The first-order valence-electron chi connectivity index (χ1n) is 4.72. The highest BCUT2D eigenvalue weighted by atomic mass is 16.5. The van der Waals surface area contributed by atoms with Crippen LogP contribution in [-0.2, 0) is 11.3 Å². The fraction of sp³-hybridized carbons (Fsp3) is 0.667. The minimum absolute atomic E-state index is 0.0776. The number of nitrogens with zero attached hydrogens (tertiary/aromatic N) is 2. The van der Waals surface area contributed by atoms with Gasteiger partial charge in [-0.3, -0.25) is 4.90 Å². The van der Waals surface area contributed by atoms with Crippen molar-refractivity contribution in [1.82, 2.24) is 10.1 Å². The second-order valence-corrected chi connectivity index (χ2v) is 3.36. The molecule has 78 valence electrons. The molecular weight excluding hydrogens is 184 g/mol. The summed E-state index contributed by atoms with van der Waals surface area (Å²) in [5, 5.41) is 12.8. The fourth-order valence-electron chi connectivity index (χ4n) is 1.59. The van der Waals surface area contributed by atoms with Crippen LogP contribution in [-0.4, -0.2) is 47.6 Å². The van der Waals surface area contributed by atoms with Crippen molar-refractivity contribution in [1.29, 1.82) is 0 Å². The number of ether oxygens (including phenoxy) is 1. The SMILES string of the molecule is OCC1COCCN1Cc1ccno1. The first kappa shape index (κ1) is 9.64. The lowest BCUT2D eigenvalue weighted by Crippen LogP contribution is -2.46. The molecule has 0 bridgehead atoms. The van der Waals surface area contributed by atoms with E-state index in [0.29, 0.717) is 19.8 Å². The second kappa shape index (κ2) is 4.54.